The smallest absolute Gasteiger partial charge is 0.416 e. The highest BCUT2D eigenvalue weighted by atomic mass is 32.2. The van der Waals surface area contributed by atoms with Gasteiger partial charge in [-0.3, -0.25) is 0 Å². The molecule has 0 aliphatic carbocycles. The highest BCUT2D eigenvalue weighted by molar-refractivity contribution is 7.89. The lowest BCUT2D eigenvalue weighted by molar-refractivity contribution is -0.142. The minimum atomic E-state index is -4.54. The number of benzene rings is 1. The molecule has 0 saturated carbocycles. The van der Waals surface area contributed by atoms with Crippen molar-refractivity contribution in [2.24, 2.45) is 0 Å². The van der Waals surface area contributed by atoms with Gasteiger partial charge in [0.05, 0.1) is 17.1 Å². The van der Waals surface area contributed by atoms with E-state index in [1.165, 1.54) is 0 Å². The predicted octanol–water partition coefficient (Wildman–Crippen LogP) is 1.08. The number of carboxylic acids is 1. The molecule has 0 aromatic heterocycles. The largest absolute Gasteiger partial charge is 0.480 e. The molecule has 10 heteroatoms. The summed E-state index contributed by atoms with van der Waals surface area (Å²) in [6, 6.07) is 3.00. The third-order valence-electron chi connectivity index (χ3n) is 2.26. The van der Waals surface area contributed by atoms with Crippen LogP contribution in [0, 0.1) is 0 Å². The lowest BCUT2D eigenvalue weighted by Crippen LogP contribution is -2.28. The SMILES string of the molecule is O=C(O)COCCNS(=O)(=O)c1ccc(C(F)(F)F)cc1. The van der Waals surface area contributed by atoms with E-state index in [-0.39, 0.29) is 18.0 Å². The van der Waals surface area contributed by atoms with Crippen LogP contribution in [0.5, 0.6) is 0 Å². The molecule has 0 aliphatic rings. The monoisotopic (exact) mass is 327 g/mol. The van der Waals surface area contributed by atoms with Gasteiger partial charge in [-0.2, -0.15) is 13.2 Å². The summed E-state index contributed by atoms with van der Waals surface area (Å²) in [6.45, 7) is -0.940. The average molecular weight is 327 g/mol. The summed E-state index contributed by atoms with van der Waals surface area (Å²) in [5, 5.41) is 8.29. The van der Waals surface area contributed by atoms with Crippen molar-refractivity contribution in [3.05, 3.63) is 29.8 Å². The molecule has 0 fully saturated rings. The summed E-state index contributed by atoms with van der Waals surface area (Å²) in [4.78, 5) is 9.81. The normalized spacial score (nSPS) is 12.3. The second-order valence-electron chi connectivity index (χ2n) is 3.87. The molecule has 1 aromatic rings. The molecule has 0 saturated heterocycles. The Morgan fingerprint density at radius 1 is 1.24 bits per heavy atom. The van der Waals surface area contributed by atoms with E-state index in [1.807, 2.05) is 0 Å². The quantitative estimate of drug-likeness (QED) is 0.731. The van der Waals surface area contributed by atoms with E-state index in [0.29, 0.717) is 12.1 Å². The van der Waals surface area contributed by atoms with Gasteiger partial charge < -0.3 is 9.84 Å². The number of ether oxygens (including phenoxy) is 1. The molecule has 0 aliphatic heterocycles. The van der Waals surface area contributed by atoms with E-state index < -0.39 is 34.3 Å². The zero-order chi connectivity index (χ0) is 16.1. The molecule has 0 spiro atoms. The van der Waals surface area contributed by atoms with Gasteiger partial charge in [0.25, 0.3) is 0 Å². The first-order chi connectivity index (χ1) is 9.63. The van der Waals surface area contributed by atoms with E-state index in [9.17, 15) is 26.4 Å². The minimum absolute atomic E-state index is 0.174. The van der Waals surface area contributed by atoms with Gasteiger partial charge in [0, 0.05) is 6.54 Å². The molecule has 0 amide bonds. The molecule has 118 valence electrons. The summed E-state index contributed by atoms with van der Waals surface area (Å²) in [7, 11) is -3.97. The van der Waals surface area contributed by atoms with Crippen LogP contribution in [-0.4, -0.2) is 39.3 Å². The third kappa shape index (κ3) is 5.69. The molecular weight excluding hydrogens is 315 g/mol. The number of sulfonamides is 1. The third-order valence-corrected chi connectivity index (χ3v) is 3.73. The molecule has 0 bridgehead atoms. The molecule has 0 atom stereocenters. The van der Waals surface area contributed by atoms with Crippen LogP contribution < -0.4 is 4.72 Å². The fourth-order valence-electron chi connectivity index (χ4n) is 1.31. The van der Waals surface area contributed by atoms with Crippen molar-refractivity contribution in [3.63, 3.8) is 0 Å². The van der Waals surface area contributed by atoms with E-state index in [1.54, 1.807) is 0 Å². The topological polar surface area (TPSA) is 92.7 Å². The summed E-state index contributed by atoms with van der Waals surface area (Å²) >= 11 is 0. The van der Waals surface area contributed by atoms with Crippen molar-refractivity contribution in [2.45, 2.75) is 11.1 Å². The Morgan fingerprint density at radius 3 is 2.29 bits per heavy atom. The van der Waals surface area contributed by atoms with Crippen molar-refractivity contribution in [1.82, 2.24) is 4.72 Å². The van der Waals surface area contributed by atoms with Crippen molar-refractivity contribution in [2.75, 3.05) is 19.8 Å². The molecular formula is C11H12F3NO5S. The summed E-state index contributed by atoms with van der Waals surface area (Å²) in [6.07, 6.45) is -4.54. The highest BCUT2D eigenvalue weighted by Gasteiger charge is 2.30. The first kappa shape index (κ1) is 17.4. The summed E-state index contributed by atoms with van der Waals surface area (Å²) in [5.41, 5.74) is -0.953. The zero-order valence-corrected chi connectivity index (χ0v) is 11.4. The maximum Gasteiger partial charge on any atom is 0.416 e. The Labute approximate surface area is 118 Å². The number of alkyl halides is 3. The standard InChI is InChI=1S/C11H12F3NO5S/c12-11(13,14)8-1-3-9(4-2-8)21(18,19)15-5-6-20-7-10(16)17/h1-4,15H,5-7H2,(H,16,17). The van der Waals surface area contributed by atoms with E-state index in [0.717, 1.165) is 12.1 Å². The van der Waals surface area contributed by atoms with Crippen molar-refractivity contribution >= 4 is 16.0 Å². The summed E-state index contributed by atoms with van der Waals surface area (Å²) in [5.74, 6) is -1.19. The lowest BCUT2D eigenvalue weighted by atomic mass is 10.2. The first-order valence-corrected chi connectivity index (χ1v) is 7.08. The number of nitrogens with one attached hydrogen (secondary N) is 1. The molecule has 0 unspecified atom stereocenters. The van der Waals surface area contributed by atoms with E-state index in [4.69, 9.17) is 5.11 Å². The fourth-order valence-corrected chi connectivity index (χ4v) is 2.33. The molecule has 1 aromatic carbocycles. The van der Waals surface area contributed by atoms with Gasteiger partial charge in [-0.25, -0.2) is 17.9 Å². The Hall–Kier alpha value is -1.65. The highest BCUT2D eigenvalue weighted by Crippen LogP contribution is 2.29. The van der Waals surface area contributed by atoms with Gasteiger partial charge >= 0.3 is 12.1 Å². The number of hydrogen-bond donors (Lipinski definition) is 2. The molecule has 1 rings (SSSR count). The van der Waals surface area contributed by atoms with Crippen LogP contribution in [0.2, 0.25) is 0 Å². The van der Waals surface area contributed by atoms with Crippen LogP contribution >= 0.6 is 0 Å². The predicted molar refractivity (Wildman–Crippen MR) is 65.1 cm³/mol. The number of halogens is 3. The Balaban J connectivity index is 2.60. The van der Waals surface area contributed by atoms with Gasteiger partial charge in [-0.1, -0.05) is 0 Å². The number of hydrogen-bond acceptors (Lipinski definition) is 4. The second-order valence-corrected chi connectivity index (χ2v) is 5.63. The Morgan fingerprint density at radius 2 is 1.81 bits per heavy atom. The molecule has 6 nitrogen and oxygen atoms in total. The molecule has 21 heavy (non-hydrogen) atoms. The van der Waals surface area contributed by atoms with Crippen LogP contribution in [0.3, 0.4) is 0 Å². The number of rotatable bonds is 7. The number of carboxylic acid groups (broad SMARTS) is 1. The average Bonchev–Trinajstić information content (AvgIpc) is 2.37. The van der Waals surface area contributed by atoms with E-state index >= 15 is 0 Å². The zero-order valence-electron chi connectivity index (χ0n) is 10.6. The minimum Gasteiger partial charge on any atom is -0.480 e. The van der Waals surface area contributed by atoms with Crippen LogP contribution in [0.1, 0.15) is 5.56 Å². The number of aliphatic carboxylic acids is 1. The van der Waals surface area contributed by atoms with Crippen LogP contribution in [0.15, 0.2) is 29.2 Å². The number of carbonyl (C=O) groups is 1. The van der Waals surface area contributed by atoms with Crippen LogP contribution in [0.4, 0.5) is 13.2 Å². The van der Waals surface area contributed by atoms with E-state index in [2.05, 4.69) is 9.46 Å². The maximum atomic E-state index is 12.3. The van der Waals surface area contributed by atoms with Gasteiger partial charge in [0.1, 0.15) is 6.61 Å². The van der Waals surface area contributed by atoms with Crippen molar-refractivity contribution in [1.29, 1.82) is 0 Å². The fraction of sp³-hybridized carbons (Fsp3) is 0.364. The van der Waals surface area contributed by atoms with Crippen LogP contribution in [-0.2, 0) is 25.7 Å². The van der Waals surface area contributed by atoms with Crippen molar-refractivity contribution in [3.8, 4) is 0 Å². The molecule has 0 radical (unpaired) electrons. The summed E-state index contributed by atoms with van der Waals surface area (Å²) < 4.78 is 67.2. The Bertz CT molecular complexity index is 583. The van der Waals surface area contributed by atoms with Gasteiger partial charge in [-0.05, 0) is 24.3 Å². The lowest BCUT2D eigenvalue weighted by Gasteiger charge is -2.09. The molecule has 2 N–H and O–H groups in total. The Kier molecular flexibility index (Phi) is 5.70. The van der Waals surface area contributed by atoms with Crippen LogP contribution in [0.25, 0.3) is 0 Å². The van der Waals surface area contributed by atoms with Crippen molar-refractivity contribution < 1.29 is 36.2 Å². The van der Waals surface area contributed by atoms with Gasteiger partial charge in [-0.15, -0.1) is 0 Å². The maximum absolute atomic E-state index is 12.3. The molecule has 0 heterocycles. The van der Waals surface area contributed by atoms with Gasteiger partial charge in [0.2, 0.25) is 10.0 Å². The second kappa shape index (κ2) is 6.87. The van der Waals surface area contributed by atoms with Gasteiger partial charge in [0.15, 0.2) is 0 Å². The first-order valence-electron chi connectivity index (χ1n) is 5.59.